The number of hydrogen-bond acceptors (Lipinski definition) is 0. The standard InChI is InChI=1S/C16H25F2N/c1-3-5-7-8-12-19(11-6-4-2)16-13-14(17)9-10-15(16)18/h9-10,13H,3-8,11-12H2,1-2H3/p+1. The lowest BCUT2D eigenvalue weighted by atomic mass is 10.1. The number of benzene rings is 1. The van der Waals surface area contributed by atoms with Crippen LogP contribution in [0.1, 0.15) is 52.4 Å². The van der Waals surface area contributed by atoms with Gasteiger partial charge < -0.3 is 0 Å². The van der Waals surface area contributed by atoms with E-state index in [1.165, 1.54) is 37.5 Å². The second kappa shape index (κ2) is 9.03. The van der Waals surface area contributed by atoms with Gasteiger partial charge in [0.05, 0.1) is 13.1 Å². The molecule has 0 heterocycles. The van der Waals surface area contributed by atoms with Crippen LogP contribution in [0.4, 0.5) is 14.5 Å². The van der Waals surface area contributed by atoms with Crippen molar-refractivity contribution in [3.8, 4) is 0 Å². The van der Waals surface area contributed by atoms with Gasteiger partial charge in [-0.05, 0) is 31.4 Å². The summed E-state index contributed by atoms with van der Waals surface area (Å²) in [5, 5.41) is 0. The average Bonchev–Trinajstić information content (AvgIpc) is 2.41. The minimum Gasteiger partial charge on any atom is -0.300 e. The van der Waals surface area contributed by atoms with Gasteiger partial charge in [0, 0.05) is 6.07 Å². The summed E-state index contributed by atoms with van der Waals surface area (Å²) in [6.45, 7) is 6.06. The number of quaternary nitrogens is 1. The first-order valence-electron chi connectivity index (χ1n) is 7.49. The number of rotatable bonds is 9. The smallest absolute Gasteiger partial charge is 0.183 e. The van der Waals surface area contributed by atoms with Gasteiger partial charge in [-0.1, -0.05) is 33.1 Å². The molecular weight excluding hydrogens is 244 g/mol. The van der Waals surface area contributed by atoms with E-state index in [2.05, 4.69) is 13.8 Å². The highest BCUT2D eigenvalue weighted by molar-refractivity contribution is 5.31. The lowest BCUT2D eigenvalue weighted by Gasteiger charge is -2.19. The summed E-state index contributed by atoms with van der Waals surface area (Å²) in [4.78, 5) is 1.08. The van der Waals surface area contributed by atoms with Gasteiger partial charge in [-0.3, -0.25) is 4.90 Å². The maximum atomic E-state index is 13.8. The monoisotopic (exact) mass is 270 g/mol. The van der Waals surface area contributed by atoms with Crippen LogP contribution >= 0.6 is 0 Å². The molecule has 0 aliphatic heterocycles. The van der Waals surface area contributed by atoms with Crippen molar-refractivity contribution in [1.82, 2.24) is 0 Å². The van der Waals surface area contributed by atoms with Gasteiger partial charge in [0.25, 0.3) is 0 Å². The maximum absolute atomic E-state index is 13.8. The second-order valence-corrected chi connectivity index (χ2v) is 5.14. The van der Waals surface area contributed by atoms with Crippen molar-refractivity contribution < 1.29 is 13.7 Å². The van der Waals surface area contributed by atoms with Crippen LogP contribution in [0, 0.1) is 11.6 Å². The highest BCUT2D eigenvalue weighted by atomic mass is 19.1. The minimum absolute atomic E-state index is 0.289. The summed E-state index contributed by atoms with van der Waals surface area (Å²) in [7, 11) is 0. The Kier molecular flexibility index (Phi) is 7.65. The molecule has 1 aromatic carbocycles. The quantitative estimate of drug-likeness (QED) is 0.650. The van der Waals surface area contributed by atoms with Crippen LogP contribution in [0.25, 0.3) is 0 Å². The Hall–Kier alpha value is -0.960. The summed E-state index contributed by atoms with van der Waals surface area (Å²) >= 11 is 0. The Morgan fingerprint density at radius 2 is 1.58 bits per heavy atom. The zero-order valence-corrected chi connectivity index (χ0v) is 12.1. The molecule has 1 rings (SSSR count). The number of halogens is 2. The van der Waals surface area contributed by atoms with Crippen LogP contribution in [0.5, 0.6) is 0 Å². The Balaban J connectivity index is 2.68. The maximum Gasteiger partial charge on any atom is 0.183 e. The zero-order valence-electron chi connectivity index (χ0n) is 12.1. The topological polar surface area (TPSA) is 4.44 Å². The molecule has 0 spiro atoms. The number of nitrogens with one attached hydrogen (secondary N) is 1. The van der Waals surface area contributed by atoms with E-state index in [-0.39, 0.29) is 11.6 Å². The van der Waals surface area contributed by atoms with Crippen LogP contribution in [0.3, 0.4) is 0 Å². The summed E-state index contributed by atoms with van der Waals surface area (Å²) in [6.07, 6.45) is 6.77. The molecule has 0 radical (unpaired) electrons. The summed E-state index contributed by atoms with van der Waals surface area (Å²) in [6, 6.07) is 3.77. The van der Waals surface area contributed by atoms with E-state index in [1.807, 2.05) is 0 Å². The van der Waals surface area contributed by atoms with Gasteiger partial charge in [-0.15, -0.1) is 0 Å². The molecule has 1 unspecified atom stereocenters. The minimum atomic E-state index is -0.348. The molecule has 0 aliphatic rings. The lowest BCUT2D eigenvalue weighted by molar-refractivity contribution is -0.834. The predicted molar refractivity (Wildman–Crippen MR) is 75.8 cm³/mol. The van der Waals surface area contributed by atoms with Crippen molar-refractivity contribution in [2.45, 2.75) is 52.4 Å². The Morgan fingerprint density at radius 1 is 0.895 bits per heavy atom. The van der Waals surface area contributed by atoms with E-state index in [9.17, 15) is 8.78 Å². The Morgan fingerprint density at radius 3 is 2.26 bits per heavy atom. The zero-order chi connectivity index (χ0) is 14.1. The fourth-order valence-electron chi connectivity index (χ4n) is 2.32. The van der Waals surface area contributed by atoms with Crippen LogP contribution in [-0.4, -0.2) is 13.1 Å². The van der Waals surface area contributed by atoms with Crippen LogP contribution in [0.2, 0.25) is 0 Å². The molecule has 0 aromatic heterocycles. The second-order valence-electron chi connectivity index (χ2n) is 5.14. The average molecular weight is 270 g/mol. The fraction of sp³-hybridized carbons (Fsp3) is 0.625. The molecule has 3 heteroatoms. The lowest BCUT2D eigenvalue weighted by Crippen LogP contribution is -3.07. The highest BCUT2D eigenvalue weighted by Gasteiger charge is 2.17. The van der Waals surface area contributed by atoms with Crippen molar-refractivity contribution in [2.24, 2.45) is 0 Å². The molecule has 1 atom stereocenters. The third-order valence-corrected chi connectivity index (χ3v) is 3.47. The number of unbranched alkanes of at least 4 members (excludes halogenated alkanes) is 4. The van der Waals surface area contributed by atoms with Gasteiger partial charge in [-0.2, -0.15) is 0 Å². The van der Waals surface area contributed by atoms with Gasteiger partial charge >= 0.3 is 0 Å². The third-order valence-electron chi connectivity index (χ3n) is 3.47. The molecule has 19 heavy (non-hydrogen) atoms. The first kappa shape index (κ1) is 16.1. The van der Waals surface area contributed by atoms with Crippen molar-refractivity contribution in [3.63, 3.8) is 0 Å². The molecule has 0 saturated carbocycles. The molecule has 0 fully saturated rings. The van der Waals surface area contributed by atoms with Gasteiger partial charge in [0.1, 0.15) is 5.82 Å². The Labute approximate surface area is 115 Å². The van der Waals surface area contributed by atoms with Crippen molar-refractivity contribution >= 4 is 5.69 Å². The molecule has 0 bridgehead atoms. The summed E-state index contributed by atoms with van der Waals surface area (Å²) in [5.41, 5.74) is 0.491. The molecule has 0 saturated heterocycles. The molecule has 108 valence electrons. The van der Waals surface area contributed by atoms with E-state index in [1.54, 1.807) is 0 Å². The molecule has 1 aromatic rings. The SMILES string of the molecule is CCCCCC[NH+](CCCC)c1cc(F)ccc1F. The first-order valence-corrected chi connectivity index (χ1v) is 7.49. The van der Waals surface area contributed by atoms with E-state index in [0.29, 0.717) is 5.69 Å². The van der Waals surface area contributed by atoms with Crippen molar-refractivity contribution in [1.29, 1.82) is 0 Å². The normalized spacial score (nSPS) is 12.6. The van der Waals surface area contributed by atoms with Gasteiger partial charge in [0.2, 0.25) is 0 Å². The third kappa shape index (κ3) is 5.68. The highest BCUT2D eigenvalue weighted by Crippen LogP contribution is 2.11. The predicted octanol–water partition coefficient (Wildman–Crippen LogP) is 3.86. The molecule has 1 N–H and O–H groups in total. The van der Waals surface area contributed by atoms with E-state index < -0.39 is 0 Å². The molecule has 0 amide bonds. The largest absolute Gasteiger partial charge is 0.300 e. The molecule has 0 aliphatic carbocycles. The van der Waals surface area contributed by atoms with Crippen molar-refractivity contribution in [2.75, 3.05) is 13.1 Å². The van der Waals surface area contributed by atoms with E-state index in [0.717, 1.165) is 37.3 Å². The van der Waals surface area contributed by atoms with Gasteiger partial charge in [0.15, 0.2) is 11.5 Å². The van der Waals surface area contributed by atoms with Crippen molar-refractivity contribution in [3.05, 3.63) is 29.8 Å². The fourth-order valence-corrected chi connectivity index (χ4v) is 2.32. The van der Waals surface area contributed by atoms with Crippen LogP contribution < -0.4 is 4.90 Å². The molecule has 1 nitrogen and oxygen atoms in total. The van der Waals surface area contributed by atoms with Gasteiger partial charge in [-0.25, -0.2) is 8.78 Å². The summed E-state index contributed by atoms with van der Waals surface area (Å²) < 4.78 is 27.1. The first-order chi connectivity index (χ1) is 9.19. The molecular formula is C16H26F2N+. The summed E-state index contributed by atoms with van der Waals surface area (Å²) in [5.74, 6) is -0.637. The van der Waals surface area contributed by atoms with E-state index >= 15 is 0 Å². The van der Waals surface area contributed by atoms with E-state index in [4.69, 9.17) is 0 Å². The Bertz CT molecular complexity index is 366. The number of hydrogen-bond donors (Lipinski definition) is 1. The van der Waals surface area contributed by atoms with Crippen LogP contribution in [0.15, 0.2) is 18.2 Å². The van der Waals surface area contributed by atoms with Crippen LogP contribution in [-0.2, 0) is 0 Å².